The Hall–Kier alpha value is -1.40. The van der Waals surface area contributed by atoms with Crippen molar-refractivity contribution in [1.82, 2.24) is 4.31 Å². The summed E-state index contributed by atoms with van der Waals surface area (Å²) >= 11 is 0. The number of nitrogens with zero attached hydrogens (tertiary/aromatic N) is 1. The molecule has 0 aromatic heterocycles. The van der Waals surface area contributed by atoms with E-state index in [0.717, 1.165) is 6.42 Å². The van der Waals surface area contributed by atoms with Crippen LogP contribution in [0, 0.1) is 25.7 Å². The summed E-state index contributed by atoms with van der Waals surface area (Å²) in [5.41, 5.74) is 0.974. The van der Waals surface area contributed by atoms with Gasteiger partial charge >= 0.3 is 5.97 Å². The molecule has 1 heterocycles. The van der Waals surface area contributed by atoms with Crippen molar-refractivity contribution in [2.75, 3.05) is 13.1 Å². The fourth-order valence-corrected chi connectivity index (χ4v) is 5.29. The van der Waals surface area contributed by atoms with Gasteiger partial charge in [0.15, 0.2) is 0 Å². The van der Waals surface area contributed by atoms with Gasteiger partial charge in [0.25, 0.3) is 0 Å². The topological polar surface area (TPSA) is 74.7 Å². The van der Waals surface area contributed by atoms with E-state index in [2.05, 4.69) is 0 Å². The summed E-state index contributed by atoms with van der Waals surface area (Å²) in [5, 5.41) is 9.32. The van der Waals surface area contributed by atoms with Crippen LogP contribution in [0.4, 0.5) is 0 Å². The van der Waals surface area contributed by atoms with Gasteiger partial charge in [-0.05, 0) is 49.3 Å². The van der Waals surface area contributed by atoms with Gasteiger partial charge in [-0.3, -0.25) is 0 Å². The lowest BCUT2D eigenvalue weighted by atomic mass is 9.94. The molecule has 1 aromatic rings. The van der Waals surface area contributed by atoms with Crippen molar-refractivity contribution in [2.45, 2.75) is 39.0 Å². The normalized spacial score (nSPS) is 23.5. The van der Waals surface area contributed by atoms with Gasteiger partial charge in [-0.2, -0.15) is 4.31 Å². The number of carbonyl (C=O) groups is 1. The minimum absolute atomic E-state index is 0.0826. The third-order valence-electron chi connectivity index (χ3n) is 4.29. The van der Waals surface area contributed by atoms with Crippen LogP contribution in [0.2, 0.25) is 0 Å². The van der Waals surface area contributed by atoms with Crippen molar-refractivity contribution < 1.29 is 18.3 Å². The first-order valence-corrected chi connectivity index (χ1v) is 8.92. The van der Waals surface area contributed by atoms with E-state index in [1.807, 2.05) is 13.8 Å². The van der Waals surface area contributed by atoms with Crippen molar-refractivity contribution in [2.24, 2.45) is 11.8 Å². The molecule has 1 aliphatic heterocycles. The number of hydrogen-bond acceptors (Lipinski definition) is 3. The highest BCUT2D eigenvalue weighted by atomic mass is 32.2. The summed E-state index contributed by atoms with van der Waals surface area (Å²) in [7, 11) is -3.66. The minimum atomic E-state index is -3.66. The number of rotatable bonds is 3. The lowest BCUT2D eigenvalue weighted by molar-refractivity contribution is 0.0695. The van der Waals surface area contributed by atoms with Crippen molar-refractivity contribution >= 4 is 16.0 Å². The number of piperidine rings is 1. The highest BCUT2D eigenvalue weighted by Gasteiger charge is 2.33. The third-order valence-corrected chi connectivity index (χ3v) is 6.27. The summed E-state index contributed by atoms with van der Waals surface area (Å²) in [6, 6.07) is 3.09. The maximum Gasteiger partial charge on any atom is 0.336 e. The summed E-state index contributed by atoms with van der Waals surface area (Å²) < 4.78 is 27.3. The lowest BCUT2D eigenvalue weighted by Crippen LogP contribution is -2.42. The second kappa shape index (κ2) is 6.01. The first kappa shape index (κ1) is 17.0. The van der Waals surface area contributed by atoms with E-state index in [4.69, 9.17) is 0 Å². The summed E-state index contributed by atoms with van der Waals surface area (Å²) in [6.07, 6.45) is 1.01. The first-order chi connectivity index (χ1) is 10.1. The van der Waals surface area contributed by atoms with E-state index in [-0.39, 0.29) is 10.5 Å². The van der Waals surface area contributed by atoms with Crippen LogP contribution < -0.4 is 0 Å². The molecule has 2 atom stereocenters. The number of carboxylic acids is 1. The lowest BCUT2D eigenvalue weighted by Gasteiger charge is -2.34. The van der Waals surface area contributed by atoms with Crippen molar-refractivity contribution in [3.05, 3.63) is 28.8 Å². The average Bonchev–Trinajstić information content (AvgIpc) is 2.36. The Kier molecular flexibility index (Phi) is 4.63. The predicted molar refractivity (Wildman–Crippen MR) is 84.6 cm³/mol. The Morgan fingerprint density at radius 1 is 1.18 bits per heavy atom. The maximum atomic E-state index is 12.9. The smallest absolute Gasteiger partial charge is 0.336 e. The summed E-state index contributed by atoms with van der Waals surface area (Å²) in [5.74, 6) is -0.473. The van der Waals surface area contributed by atoms with Gasteiger partial charge < -0.3 is 5.11 Å². The van der Waals surface area contributed by atoms with Crippen LogP contribution >= 0.6 is 0 Å². The molecule has 0 bridgehead atoms. The Labute approximate surface area is 132 Å². The minimum Gasteiger partial charge on any atom is -0.478 e. The largest absolute Gasteiger partial charge is 0.478 e. The first-order valence-electron chi connectivity index (χ1n) is 7.48. The van der Waals surface area contributed by atoms with Gasteiger partial charge in [0.2, 0.25) is 10.0 Å². The molecule has 2 rings (SSSR count). The summed E-state index contributed by atoms with van der Waals surface area (Å²) in [4.78, 5) is 11.5. The number of hydrogen-bond donors (Lipinski definition) is 1. The average molecular weight is 325 g/mol. The van der Waals surface area contributed by atoms with Crippen molar-refractivity contribution in [1.29, 1.82) is 0 Å². The molecule has 1 fully saturated rings. The van der Waals surface area contributed by atoms with Gasteiger partial charge in [0.05, 0.1) is 10.5 Å². The molecule has 0 radical (unpaired) electrons. The molecule has 1 N–H and O–H groups in total. The van der Waals surface area contributed by atoms with E-state index in [1.54, 1.807) is 19.9 Å². The molecule has 1 aliphatic rings. The second-order valence-corrected chi connectivity index (χ2v) is 8.36. The van der Waals surface area contributed by atoms with Crippen LogP contribution in [-0.2, 0) is 10.0 Å². The van der Waals surface area contributed by atoms with Gasteiger partial charge in [-0.1, -0.05) is 19.9 Å². The molecule has 0 amide bonds. The Balaban J connectivity index is 2.50. The number of sulfonamides is 1. The van der Waals surface area contributed by atoms with Gasteiger partial charge in [-0.15, -0.1) is 0 Å². The van der Waals surface area contributed by atoms with E-state index in [1.165, 1.54) is 10.4 Å². The Morgan fingerprint density at radius 3 is 2.23 bits per heavy atom. The molecular formula is C16H23NO4S. The number of benzene rings is 1. The standard InChI is InChI=1S/C16H23NO4S/c1-10-7-11(2)9-17(8-10)22(20,21)14-6-5-12(3)15(13(14)4)16(18)19/h5-6,10-11H,7-9H2,1-4H3,(H,18,19)/t10-,11+. The molecule has 0 saturated carbocycles. The number of aromatic carboxylic acids is 1. The van der Waals surface area contributed by atoms with Gasteiger partial charge in [0.1, 0.15) is 0 Å². The van der Waals surface area contributed by atoms with Gasteiger partial charge in [0, 0.05) is 13.1 Å². The number of carboxylic acid groups (broad SMARTS) is 1. The molecule has 6 heteroatoms. The molecule has 0 spiro atoms. The fourth-order valence-electron chi connectivity index (χ4n) is 3.38. The van der Waals surface area contributed by atoms with Crippen LogP contribution in [0.25, 0.3) is 0 Å². The molecule has 1 aromatic carbocycles. The van der Waals surface area contributed by atoms with E-state index < -0.39 is 16.0 Å². The zero-order chi connectivity index (χ0) is 16.7. The Bertz CT molecular complexity index is 686. The third kappa shape index (κ3) is 3.03. The van der Waals surface area contributed by atoms with Crippen molar-refractivity contribution in [3.8, 4) is 0 Å². The van der Waals surface area contributed by atoms with E-state index in [9.17, 15) is 18.3 Å². The van der Waals surface area contributed by atoms with E-state index in [0.29, 0.717) is 36.1 Å². The second-order valence-electron chi connectivity index (χ2n) is 6.45. The molecule has 0 unspecified atom stereocenters. The molecule has 122 valence electrons. The van der Waals surface area contributed by atoms with Crippen LogP contribution in [0.5, 0.6) is 0 Å². The van der Waals surface area contributed by atoms with Gasteiger partial charge in [-0.25, -0.2) is 13.2 Å². The highest BCUT2D eigenvalue weighted by Crippen LogP contribution is 2.30. The van der Waals surface area contributed by atoms with E-state index >= 15 is 0 Å². The molecular weight excluding hydrogens is 302 g/mol. The zero-order valence-electron chi connectivity index (χ0n) is 13.5. The maximum absolute atomic E-state index is 12.9. The van der Waals surface area contributed by atoms with Crippen molar-refractivity contribution in [3.63, 3.8) is 0 Å². The zero-order valence-corrected chi connectivity index (χ0v) is 14.3. The fraction of sp³-hybridized carbons (Fsp3) is 0.562. The molecule has 1 saturated heterocycles. The molecule has 22 heavy (non-hydrogen) atoms. The van der Waals surface area contributed by atoms with Crippen LogP contribution in [0.15, 0.2) is 17.0 Å². The van der Waals surface area contributed by atoms with Crippen LogP contribution in [0.3, 0.4) is 0 Å². The quantitative estimate of drug-likeness (QED) is 0.927. The number of aryl methyl sites for hydroxylation is 1. The highest BCUT2D eigenvalue weighted by molar-refractivity contribution is 7.89. The summed E-state index contributed by atoms with van der Waals surface area (Å²) in [6.45, 7) is 8.31. The predicted octanol–water partition coefficient (Wildman–Crippen LogP) is 2.67. The molecule has 5 nitrogen and oxygen atoms in total. The molecule has 0 aliphatic carbocycles. The monoisotopic (exact) mass is 325 g/mol. The van der Waals surface area contributed by atoms with Crippen LogP contribution in [-0.4, -0.2) is 36.9 Å². The van der Waals surface area contributed by atoms with Crippen LogP contribution in [0.1, 0.15) is 41.8 Å². The SMILES string of the molecule is Cc1ccc(S(=O)(=O)N2C[C@H](C)C[C@H](C)C2)c(C)c1C(=O)O. The Morgan fingerprint density at radius 2 is 1.73 bits per heavy atom.